The van der Waals surface area contributed by atoms with E-state index in [4.69, 9.17) is 16.3 Å². The van der Waals surface area contributed by atoms with E-state index >= 15 is 0 Å². The van der Waals surface area contributed by atoms with Gasteiger partial charge >= 0.3 is 0 Å². The summed E-state index contributed by atoms with van der Waals surface area (Å²) < 4.78 is 5.39. The molecule has 0 N–H and O–H groups in total. The first kappa shape index (κ1) is 13.5. The molecule has 1 aliphatic carbocycles. The number of ether oxygens (including phenoxy) is 1. The maximum atomic E-state index is 6.66. The summed E-state index contributed by atoms with van der Waals surface area (Å²) in [4.78, 5) is 0. The first-order chi connectivity index (χ1) is 9.69. The number of hydrogen-bond acceptors (Lipinski definition) is 1. The molecule has 2 aromatic rings. The number of hydrogen-bond donors (Lipinski definition) is 0. The molecular formula is C18H19ClO. The van der Waals surface area contributed by atoms with Crippen molar-refractivity contribution in [1.29, 1.82) is 0 Å². The number of benzene rings is 2. The van der Waals surface area contributed by atoms with E-state index < -0.39 is 0 Å². The maximum absolute atomic E-state index is 6.66. The molecule has 2 heteroatoms. The maximum Gasteiger partial charge on any atom is 0.122 e. The van der Waals surface area contributed by atoms with E-state index in [1.807, 2.05) is 13.0 Å². The zero-order valence-corrected chi connectivity index (χ0v) is 12.7. The van der Waals surface area contributed by atoms with Gasteiger partial charge in [0, 0.05) is 0 Å². The van der Waals surface area contributed by atoms with Gasteiger partial charge < -0.3 is 4.74 Å². The van der Waals surface area contributed by atoms with Crippen LogP contribution in [0.4, 0.5) is 0 Å². The van der Waals surface area contributed by atoms with E-state index in [1.165, 1.54) is 36.0 Å². The molecule has 20 heavy (non-hydrogen) atoms. The molecule has 104 valence electrons. The van der Waals surface area contributed by atoms with E-state index in [0.29, 0.717) is 0 Å². The second-order valence-electron chi connectivity index (χ2n) is 5.47. The van der Waals surface area contributed by atoms with Gasteiger partial charge in [-0.3, -0.25) is 0 Å². The molecular weight excluding hydrogens is 268 g/mol. The first-order valence-electron chi connectivity index (χ1n) is 7.09. The van der Waals surface area contributed by atoms with Crippen molar-refractivity contribution < 1.29 is 4.74 Å². The van der Waals surface area contributed by atoms with Gasteiger partial charge in [0.1, 0.15) is 5.75 Å². The van der Waals surface area contributed by atoms with Crippen LogP contribution in [0.5, 0.6) is 5.75 Å². The Morgan fingerprint density at radius 1 is 1.00 bits per heavy atom. The number of methoxy groups -OCH3 is 1. The summed E-state index contributed by atoms with van der Waals surface area (Å²) in [6.45, 7) is 2.04. The molecule has 0 fully saturated rings. The van der Waals surface area contributed by atoms with Crippen LogP contribution in [0.15, 0.2) is 36.4 Å². The third-order valence-electron chi connectivity index (χ3n) is 4.14. The minimum atomic E-state index is -0.115. The Morgan fingerprint density at radius 2 is 1.70 bits per heavy atom. The van der Waals surface area contributed by atoms with Crippen molar-refractivity contribution in [1.82, 2.24) is 0 Å². The molecule has 1 unspecified atom stereocenters. The second-order valence-corrected chi connectivity index (χ2v) is 5.91. The highest BCUT2D eigenvalue weighted by molar-refractivity contribution is 6.22. The molecule has 2 aromatic carbocycles. The molecule has 1 nitrogen and oxygen atoms in total. The normalized spacial score (nSPS) is 14.9. The van der Waals surface area contributed by atoms with Crippen LogP contribution in [0.25, 0.3) is 0 Å². The van der Waals surface area contributed by atoms with E-state index in [9.17, 15) is 0 Å². The summed E-state index contributed by atoms with van der Waals surface area (Å²) in [5, 5.41) is -0.115. The lowest BCUT2D eigenvalue weighted by atomic mass is 9.99. The summed E-state index contributed by atoms with van der Waals surface area (Å²) in [6.07, 6.45) is 3.66. The van der Waals surface area contributed by atoms with Crippen LogP contribution in [0, 0.1) is 6.92 Å². The van der Waals surface area contributed by atoms with Crippen LogP contribution in [0.3, 0.4) is 0 Å². The van der Waals surface area contributed by atoms with Crippen molar-refractivity contribution >= 4 is 11.6 Å². The summed E-state index contributed by atoms with van der Waals surface area (Å²) in [5.74, 6) is 0.898. The van der Waals surface area contributed by atoms with Crippen LogP contribution in [-0.2, 0) is 12.8 Å². The Morgan fingerprint density at radius 3 is 2.50 bits per heavy atom. The third kappa shape index (κ3) is 2.43. The Hall–Kier alpha value is -1.47. The molecule has 0 aromatic heterocycles. The Kier molecular flexibility index (Phi) is 3.71. The summed E-state index contributed by atoms with van der Waals surface area (Å²) in [7, 11) is 1.70. The second kappa shape index (κ2) is 5.49. The smallest absolute Gasteiger partial charge is 0.122 e. The van der Waals surface area contributed by atoms with Crippen LogP contribution in [0.2, 0.25) is 0 Å². The molecule has 0 aliphatic heterocycles. The molecule has 0 heterocycles. The van der Waals surface area contributed by atoms with Crippen LogP contribution in [0.1, 0.15) is 39.6 Å². The molecule has 0 spiro atoms. The van der Waals surface area contributed by atoms with Crippen LogP contribution >= 0.6 is 11.6 Å². The van der Waals surface area contributed by atoms with Gasteiger partial charge in [0.2, 0.25) is 0 Å². The Balaban J connectivity index is 1.94. The van der Waals surface area contributed by atoms with Gasteiger partial charge in [-0.05, 0) is 60.1 Å². The fraction of sp³-hybridized carbons (Fsp3) is 0.333. The highest BCUT2D eigenvalue weighted by Crippen LogP contribution is 2.34. The van der Waals surface area contributed by atoms with Crippen molar-refractivity contribution in [2.24, 2.45) is 0 Å². The SMILES string of the molecule is COc1cc(C(Cl)c2ccc3c(c2)CCC3)ccc1C. The monoisotopic (exact) mass is 286 g/mol. The van der Waals surface area contributed by atoms with Crippen LogP contribution in [-0.4, -0.2) is 7.11 Å². The van der Waals surface area contributed by atoms with Crippen molar-refractivity contribution in [2.45, 2.75) is 31.6 Å². The summed E-state index contributed by atoms with van der Waals surface area (Å²) in [5.41, 5.74) is 6.35. The average molecular weight is 287 g/mol. The average Bonchev–Trinajstić information content (AvgIpc) is 2.94. The molecule has 3 rings (SSSR count). The molecule has 0 saturated carbocycles. The topological polar surface area (TPSA) is 9.23 Å². The molecule has 0 radical (unpaired) electrons. The standard InChI is InChI=1S/C18H19ClO/c1-12-6-7-16(11-17(12)20-2)18(19)15-9-8-13-4-3-5-14(13)10-15/h6-11,18H,3-5H2,1-2H3. The summed E-state index contributed by atoms with van der Waals surface area (Å²) in [6, 6.07) is 12.9. The van der Waals surface area contributed by atoms with Crippen molar-refractivity contribution in [3.8, 4) is 5.75 Å². The van der Waals surface area contributed by atoms with Crippen molar-refractivity contribution in [3.63, 3.8) is 0 Å². The Labute approximate surface area is 125 Å². The molecule has 1 atom stereocenters. The van der Waals surface area contributed by atoms with Crippen molar-refractivity contribution in [3.05, 3.63) is 64.2 Å². The van der Waals surface area contributed by atoms with E-state index in [2.05, 4.69) is 30.3 Å². The van der Waals surface area contributed by atoms with Gasteiger partial charge in [-0.1, -0.05) is 30.3 Å². The highest BCUT2D eigenvalue weighted by Gasteiger charge is 2.16. The van der Waals surface area contributed by atoms with E-state index in [-0.39, 0.29) is 5.38 Å². The zero-order valence-electron chi connectivity index (χ0n) is 11.9. The van der Waals surface area contributed by atoms with Gasteiger partial charge in [0.15, 0.2) is 0 Å². The van der Waals surface area contributed by atoms with E-state index in [1.54, 1.807) is 7.11 Å². The first-order valence-corrected chi connectivity index (χ1v) is 7.53. The quantitative estimate of drug-likeness (QED) is 0.735. The zero-order chi connectivity index (χ0) is 14.1. The van der Waals surface area contributed by atoms with E-state index in [0.717, 1.165) is 16.9 Å². The molecule has 1 aliphatic rings. The number of alkyl halides is 1. The predicted octanol–water partition coefficient (Wildman–Crippen LogP) is 4.82. The molecule has 0 amide bonds. The fourth-order valence-corrected chi connectivity index (χ4v) is 3.21. The highest BCUT2D eigenvalue weighted by atomic mass is 35.5. The lowest BCUT2D eigenvalue weighted by Crippen LogP contribution is -1.97. The third-order valence-corrected chi connectivity index (χ3v) is 4.64. The largest absolute Gasteiger partial charge is 0.496 e. The number of aryl methyl sites for hydroxylation is 3. The lowest BCUT2D eigenvalue weighted by Gasteiger charge is -2.14. The van der Waals surface area contributed by atoms with Crippen LogP contribution < -0.4 is 4.74 Å². The number of halogens is 1. The summed E-state index contributed by atoms with van der Waals surface area (Å²) >= 11 is 6.66. The Bertz CT molecular complexity index is 622. The van der Waals surface area contributed by atoms with Crippen molar-refractivity contribution in [2.75, 3.05) is 7.11 Å². The minimum Gasteiger partial charge on any atom is -0.496 e. The number of rotatable bonds is 3. The van der Waals surface area contributed by atoms with Gasteiger partial charge in [-0.2, -0.15) is 0 Å². The molecule has 0 bridgehead atoms. The lowest BCUT2D eigenvalue weighted by molar-refractivity contribution is 0.411. The number of fused-ring (bicyclic) bond motifs is 1. The fourth-order valence-electron chi connectivity index (χ4n) is 2.94. The minimum absolute atomic E-state index is 0.115. The predicted molar refractivity (Wildman–Crippen MR) is 83.9 cm³/mol. The molecule has 0 saturated heterocycles. The van der Waals surface area contributed by atoms with Gasteiger partial charge in [0.05, 0.1) is 12.5 Å². The van der Waals surface area contributed by atoms with Gasteiger partial charge in [-0.25, -0.2) is 0 Å². The van der Waals surface area contributed by atoms with Gasteiger partial charge in [0.25, 0.3) is 0 Å². The van der Waals surface area contributed by atoms with Gasteiger partial charge in [-0.15, -0.1) is 11.6 Å².